The van der Waals surface area contributed by atoms with Crippen molar-refractivity contribution in [2.75, 3.05) is 6.54 Å². The topological polar surface area (TPSA) is 62.5 Å². The molecule has 0 bridgehead atoms. The molecule has 1 unspecified atom stereocenters. The molecule has 0 aliphatic rings. The van der Waals surface area contributed by atoms with Gasteiger partial charge in [0.15, 0.2) is 6.10 Å². The Bertz CT molecular complexity index is 451. The summed E-state index contributed by atoms with van der Waals surface area (Å²) in [5.74, 6) is 0.183. The van der Waals surface area contributed by atoms with E-state index in [9.17, 15) is 18.0 Å². The zero-order chi connectivity index (χ0) is 14.1. The molecule has 1 atom stereocenters. The maximum absolute atomic E-state index is 12.0. The van der Waals surface area contributed by atoms with Crippen LogP contribution in [-0.2, 0) is 0 Å². The highest BCUT2D eigenvalue weighted by atomic mass is 19.4. The standard InChI is InChI=1S/C11H14F3NO3/c1-5-6(2)18-7(3)9(5)10(17)15-4-8(16)11(12,13)14/h8,16H,4H2,1-3H3,(H,15,17). The van der Waals surface area contributed by atoms with Gasteiger partial charge in [0.2, 0.25) is 0 Å². The number of rotatable bonds is 3. The molecule has 18 heavy (non-hydrogen) atoms. The predicted octanol–water partition coefficient (Wildman–Crippen LogP) is 1.86. The molecule has 0 fully saturated rings. The number of hydrogen-bond donors (Lipinski definition) is 2. The number of nitrogens with one attached hydrogen (secondary N) is 1. The highest BCUT2D eigenvalue weighted by molar-refractivity contribution is 5.96. The van der Waals surface area contributed by atoms with Crippen LogP contribution in [0.15, 0.2) is 4.42 Å². The van der Waals surface area contributed by atoms with Crippen molar-refractivity contribution in [1.29, 1.82) is 0 Å². The lowest BCUT2D eigenvalue weighted by atomic mass is 10.1. The molecule has 0 spiro atoms. The molecule has 2 N–H and O–H groups in total. The fourth-order valence-corrected chi connectivity index (χ4v) is 1.52. The predicted molar refractivity (Wildman–Crippen MR) is 57.3 cm³/mol. The third kappa shape index (κ3) is 3.04. The molecular weight excluding hydrogens is 251 g/mol. The lowest BCUT2D eigenvalue weighted by molar-refractivity contribution is -0.201. The Morgan fingerprint density at radius 3 is 2.28 bits per heavy atom. The SMILES string of the molecule is Cc1oc(C)c(C(=O)NCC(O)C(F)(F)F)c1C. The number of furan rings is 1. The Balaban J connectivity index is 2.73. The van der Waals surface area contributed by atoms with E-state index in [4.69, 9.17) is 9.52 Å². The normalized spacial score (nSPS) is 13.5. The van der Waals surface area contributed by atoms with Crippen LogP contribution < -0.4 is 5.32 Å². The molecular formula is C11H14F3NO3. The largest absolute Gasteiger partial charge is 0.466 e. The van der Waals surface area contributed by atoms with Crippen molar-refractivity contribution in [3.05, 3.63) is 22.6 Å². The van der Waals surface area contributed by atoms with Gasteiger partial charge in [0.25, 0.3) is 5.91 Å². The first kappa shape index (κ1) is 14.6. The average Bonchev–Trinajstić information content (AvgIpc) is 2.48. The summed E-state index contributed by atoms with van der Waals surface area (Å²) in [4.78, 5) is 11.7. The first-order chi connectivity index (χ1) is 8.14. The third-order valence-electron chi connectivity index (χ3n) is 2.62. The van der Waals surface area contributed by atoms with E-state index in [-0.39, 0.29) is 5.56 Å². The van der Waals surface area contributed by atoms with Crippen LogP contribution in [0.3, 0.4) is 0 Å². The van der Waals surface area contributed by atoms with Crippen LogP contribution in [0.4, 0.5) is 13.2 Å². The summed E-state index contributed by atoms with van der Waals surface area (Å²) >= 11 is 0. The zero-order valence-electron chi connectivity index (χ0n) is 10.2. The molecule has 1 aromatic heterocycles. The molecule has 1 rings (SSSR count). The average molecular weight is 265 g/mol. The minimum absolute atomic E-state index is 0.210. The van der Waals surface area contributed by atoms with Crippen molar-refractivity contribution in [2.45, 2.75) is 33.1 Å². The molecule has 1 amide bonds. The smallest absolute Gasteiger partial charge is 0.416 e. The number of amides is 1. The van der Waals surface area contributed by atoms with Crippen molar-refractivity contribution in [1.82, 2.24) is 5.32 Å². The molecule has 102 valence electrons. The molecule has 4 nitrogen and oxygen atoms in total. The maximum Gasteiger partial charge on any atom is 0.416 e. The van der Waals surface area contributed by atoms with Gasteiger partial charge in [0, 0.05) is 5.56 Å². The van der Waals surface area contributed by atoms with E-state index >= 15 is 0 Å². The highest BCUT2D eigenvalue weighted by Gasteiger charge is 2.38. The first-order valence-corrected chi connectivity index (χ1v) is 5.24. The van der Waals surface area contributed by atoms with Crippen LogP contribution in [0.2, 0.25) is 0 Å². The molecule has 1 heterocycles. The second-order valence-corrected chi connectivity index (χ2v) is 3.98. The Morgan fingerprint density at radius 1 is 1.33 bits per heavy atom. The Morgan fingerprint density at radius 2 is 1.89 bits per heavy atom. The van der Waals surface area contributed by atoms with Gasteiger partial charge in [0.1, 0.15) is 11.5 Å². The van der Waals surface area contributed by atoms with Crippen molar-refractivity contribution >= 4 is 5.91 Å². The first-order valence-electron chi connectivity index (χ1n) is 5.24. The number of carbonyl (C=O) groups is 1. The van der Waals surface area contributed by atoms with E-state index in [1.807, 2.05) is 5.32 Å². The number of aryl methyl sites for hydroxylation is 2. The van der Waals surface area contributed by atoms with E-state index in [0.717, 1.165) is 0 Å². The van der Waals surface area contributed by atoms with Gasteiger partial charge in [-0.3, -0.25) is 4.79 Å². The van der Waals surface area contributed by atoms with Gasteiger partial charge >= 0.3 is 6.18 Å². The van der Waals surface area contributed by atoms with Gasteiger partial charge < -0.3 is 14.8 Å². The lowest BCUT2D eigenvalue weighted by Gasteiger charge is -2.14. The minimum atomic E-state index is -4.75. The molecule has 7 heteroatoms. The van der Waals surface area contributed by atoms with Crippen LogP contribution in [0, 0.1) is 20.8 Å². The van der Waals surface area contributed by atoms with E-state index in [0.29, 0.717) is 17.1 Å². The highest BCUT2D eigenvalue weighted by Crippen LogP contribution is 2.21. The van der Waals surface area contributed by atoms with Crippen molar-refractivity contribution in [3.8, 4) is 0 Å². The number of aliphatic hydroxyl groups excluding tert-OH is 1. The second-order valence-electron chi connectivity index (χ2n) is 3.98. The fraction of sp³-hybridized carbons (Fsp3) is 0.545. The van der Waals surface area contributed by atoms with Crippen LogP contribution in [0.25, 0.3) is 0 Å². The molecule has 0 aromatic carbocycles. The quantitative estimate of drug-likeness (QED) is 0.876. The number of aliphatic hydroxyl groups is 1. The van der Waals surface area contributed by atoms with Gasteiger partial charge in [-0.15, -0.1) is 0 Å². The number of alkyl halides is 3. The van der Waals surface area contributed by atoms with Crippen LogP contribution in [0.1, 0.15) is 27.4 Å². The minimum Gasteiger partial charge on any atom is -0.466 e. The summed E-state index contributed by atoms with van der Waals surface area (Å²) < 4.78 is 41.3. The number of carbonyl (C=O) groups excluding carboxylic acids is 1. The molecule has 0 aliphatic carbocycles. The van der Waals surface area contributed by atoms with Crippen molar-refractivity contribution < 1.29 is 27.5 Å². The molecule has 1 aromatic rings. The third-order valence-corrected chi connectivity index (χ3v) is 2.62. The van der Waals surface area contributed by atoms with E-state index < -0.39 is 24.7 Å². The molecule has 0 saturated heterocycles. The molecule has 0 saturated carbocycles. The maximum atomic E-state index is 12.0. The number of hydrogen-bond acceptors (Lipinski definition) is 3. The Kier molecular flexibility index (Phi) is 4.05. The summed E-state index contributed by atoms with van der Waals surface area (Å²) in [5, 5.41) is 10.8. The summed E-state index contributed by atoms with van der Waals surface area (Å²) in [6, 6.07) is 0. The van der Waals surface area contributed by atoms with Gasteiger partial charge in [-0.1, -0.05) is 0 Å². The number of halogens is 3. The van der Waals surface area contributed by atoms with Gasteiger partial charge in [-0.25, -0.2) is 0 Å². The van der Waals surface area contributed by atoms with Crippen LogP contribution in [-0.4, -0.2) is 29.8 Å². The zero-order valence-corrected chi connectivity index (χ0v) is 10.2. The van der Waals surface area contributed by atoms with Crippen LogP contribution >= 0.6 is 0 Å². The van der Waals surface area contributed by atoms with E-state index in [2.05, 4.69) is 0 Å². The molecule has 0 aliphatic heterocycles. The van der Waals surface area contributed by atoms with Crippen molar-refractivity contribution in [2.24, 2.45) is 0 Å². The van der Waals surface area contributed by atoms with Gasteiger partial charge in [0.05, 0.1) is 12.1 Å². The summed E-state index contributed by atoms with van der Waals surface area (Å²) in [5.41, 5.74) is 0.786. The monoisotopic (exact) mass is 265 g/mol. The van der Waals surface area contributed by atoms with E-state index in [1.165, 1.54) is 0 Å². The molecule has 0 radical (unpaired) electrons. The fourth-order valence-electron chi connectivity index (χ4n) is 1.52. The summed E-state index contributed by atoms with van der Waals surface area (Å²) in [6.45, 7) is 3.96. The van der Waals surface area contributed by atoms with Crippen molar-refractivity contribution in [3.63, 3.8) is 0 Å². The Labute approximate surface area is 102 Å². The second kappa shape index (κ2) is 5.01. The Hall–Kier alpha value is -1.50. The van der Waals surface area contributed by atoms with Gasteiger partial charge in [-0.2, -0.15) is 13.2 Å². The van der Waals surface area contributed by atoms with E-state index in [1.54, 1.807) is 20.8 Å². The van der Waals surface area contributed by atoms with Crippen LogP contribution in [0.5, 0.6) is 0 Å². The lowest BCUT2D eigenvalue weighted by Crippen LogP contribution is -2.40. The summed E-state index contributed by atoms with van der Waals surface area (Å²) in [7, 11) is 0. The van der Waals surface area contributed by atoms with Gasteiger partial charge in [-0.05, 0) is 20.8 Å². The summed E-state index contributed by atoms with van der Waals surface area (Å²) in [6.07, 6.45) is -7.32.